The van der Waals surface area contributed by atoms with Gasteiger partial charge in [-0.05, 0) is 36.8 Å². The second kappa shape index (κ2) is 8.93. The molecule has 0 spiro atoms. The Balaban J connectivity index is 0.00000243. The maximum atomic E-state index is 13.0. The number of hydrogen-bond donors (Lipinski definition) is 2. The van der Waals surface area contributed by atoms with Crippen LogP contribution in [0.15, 0.2) is 47.4 Å². The van der Waals surface area contributed by atoms with Crippen LogP contribution in [0.2, 0.25) is 0 Å². The number of benzene rings is 1. The molecule has 0 unspecified atom stereocenters. The molecular formula is C18H21ClFN3O3. The largest absolute Gasteiger partial charge is 0.375 e. The van der Waals surface area contributed by atoms with Gasteiger partial charge in [0.2, 0.25) is 5.91 Å². The van der Waals surface area contributed by atoms with Gasteiger partial charge >= 0.3 is 0 Å². The molecule has 3 rings (SSSR count). The Labute approximate surface area is 156 Å². The average Bonchev–Trinajstić information content (AvgIpc) is 2.60. The van der Waals surface area contributed by atoms with Crippen molar-refractivity contribution in [3.8, 4) is 0 Å². The first-order valence-electron chi connectivity index (χ1n) is 8.14. The number of hydrogen-bond acceptors (Lipinski definition) is 4. The zero-order chi connectivity index (χ0) is 17.8. The molecule has 1 aliphatic rings. The topological polar surface area (TPSA) is 72.4 Å². The Morgan fingerprint density at radius 2 is 2.08 bits per heavy atom. The molecule has 6 nitrogen and oxygen atoms in total. The van der Waals surface area contributed by atoms with E-state index in [9.17, 15) is 14.0 Å². The maximum Gasteiger partial charge on any atom is 0.274 e. The summed E-state index contributed by atoms with van der Waals surface area (Å²) in [7, 11) is 0. The van der Waals surface area contributed by atoms with Crippen LogP contribution in [0, 0.1) is 5.82 Å². The van der Waals surface area contributed by atoms with Crippen molar-refractivity contribution in [2.45, 2.75) is 25.6 Å². The number of nitrogens with one attached hydrogen (secondary N) is 2. The van der Waals surface area contributed by atoms with E-state index in [2.05, 4.69) is 10.6 Å². The van der Waals surface area contributed by atoms with Gasteiger partial charge < -0.3 is 19.9 Å². The minimum atomic E-state index is -0.501. The van der Waals surface area contributed by atoms with Gasteiger partial charge in [-0.1, -0.05) is 12.1 Å². The number of morpholine rings is 1. The van der Waals surface area contributed by atoms with Crippen molar-refractivity contribution in [1.29, 1.82) is 0 Å². The van der Waals surface area contributed by atoms with Crippen molar-refractivity contribution >= 4 is 24.0 Å². The third-order valence-electron chi connectivity index (χ3n) is 4.14. The molecular weight excluding hydrogens is 361 g/mol. The Hall–Kier alpha value is -2.22. The zero-order valence-electron chi connectivity index (χ0n) is 14.3. The number of amides is 1. The first-order valence-corrected chi connectivity index (χ1v) is 8.14. The SMILES string of the molecule is C[C@H]1OCCN[C@@H]1C(=O)Nc1cccn(Cc2ccc(F)cc2)c1=O.Cl. The Bertz CT molecular complexity index is 810. The van der Waals surface area contributed by atoms with Crippen molar-refractivity contribution in [3.63, 3.8) is 0 Å². The van der Waals surface area contributed by atoms with Gasteiger partial charge in [0.1, 0.15) is 17.5 Å². The minimum absolute atomic E-state index is 0. The molecule has 1 aromatic heterocycles. The molecule has 140 valence electrons. The number of anilines is 1. The summed E-state index contributed by atoms with van der Waals surface area (Å²) in [6.45, 7) is 3.25. The Morgan fingerprint density at radius 1 is 1.35 bits per heavy atom. The van der Waals surface area contributed by atoms with Gasteiger partial charge in [0.25, 0.3) is 5.56 Å². The molecule has 26 heavy (non-hydrogen) atoms. The fourth-order valence-corrected chi connectivity index (χ4v) is 2.78. The molecule has 2 atom stereocenters. The highest BCUT2D eigenvalue weighted by Crippen LogP contribution is 2.09. The van der Waals surface area contributed by atoms with E-state index in [-0.39, 0.29) is 41.5 Å². The normalized spacial score (nSPS) is 19.5. The third kappa shape index (κ3) is 4.69. The average molecular weight is 382 g/mol. The molecule has 2 N–H and O–H groups in total. The van der Waals surface area contributed by atoms with Gasteiger partial charge in [0.15, 0.2) is 0 Å². The van der Waals surface area contributed by atoms with Gasteiger partial charge in [-0.25, -0.2) is 4.39 Å². The van der Waals surface area contributed by atoms with Crippen LogP contribution in [-0.4, -0.2) is 35.8 Å². The summed E-state index contributed by atoms with van der Waals surface area (Å²) in [6, 6.07) is 8.70. The first-order chi connectivity index (χ1) is 12.0. The lowest BCUT2D eigenvalue weighted by atomic mass is 10.1. The summed E-state index contributed by atoms with van der Waals surface area (Å²) >= 11 is 0. The molecule has 0 aliphatic carbocycles. The van der Waals surface area contributed by atoms with Crippen LogP contribution in [0.3, 0.4) is 0 Å². The predicted octanol–water partition coefficient (Wildman–Crippen LogP) is 1.77. The Kier molecular flexibility index (Phi) is 6.90. The van der Waals surface area contributed by atoms with Crippen LogP contribution < -0.4 is 16.2 Å². The summed E-state index contributed by atoms with van der Waals surface area (Å²) in [5.74, 6) is -0.628. The van der Waals surface area contributed by atoms with Gasteiger partial charge in [0, 0.05) is 12.7 Å². The van der Waals surface area contributed by atoms with E-state index in [1.807, 2.05) is 6.92 Å². The van der Waals surface area contributed by atoms with Crippen LogP contribution in [0.25, 0.3) is 0 Å². The molecule has 1 amide bonds. The van der Waals surface area contributed by atoms with E-state index in [0.717, 1.165) is 5.56 Å². The van der Waals surface area contributed by atoms with Crippen LogP contribution in [0.5, 0.6) is 0 Å². The lowest BCUT2D eigenvalue weighted by Crippen LogP contribution is -2.53. The summed E-state index contributed by atoms with van der Waals surface area (Å²) < 4.78 is 19.9. The third-order valence-corrected chi connectivity index (χ3v) is 4.14. The molecule has 1 fully saturated rings. The zero-order valence-corrected chi connectivity index (χ0v) is 15.1. The number of carbonyl (C=O) groups excluding carboxylic acids is 1. The fourth-order valence-electron chi connectivity index (χ4n) is 2.78. The summed E-state index contributed by atoms with van der Waals surface area (Å²) in [5.41, 5.74) is 0.682. The van der Waals surface area contributed by atoms with Crippen molar-refractivity contribution in [1.82, 2.24) is 9.88 Å². The van der Waals surface area contributed by atoms with E-state index in [4.69, 9.17) is 4.74 Å². The quantitative estimate of drug-likeness (QED) is 0.846. The smallest absolute Gasteiger partial charge is 0.274 e. The van der Waals surface area contributed by atoms with E-state index < -0.39 is 6.04 Å². The Morgan fingerprint density at radius 3 is 2.77 bits per heavy atom. The van der Waals surface area contributed by atoms with Gasteiger partial charge in [-0.3, -0.25) is 9.59 Å². The van der Waals surface area contributed by atoms with Gasteiger partial charge in [-0.2, -0.15) is 0 Å². The number of pyridine rings is 1. The van der Waals surface area contributed by atoms with Crippen molar-refractivity contribution in [2.24, 2.45) is 0 Å². The monoisotopic (exact) mass is 381 g/mol. The summed E-state index contributed by atoms with van der Waals surface area (Å²) in [5, 5.41) is 5.76. The lowest BCUT2D eigenvalue weighted by molar-refractivity contribution is -0.123. The number of rotatable bonds is 4. The second-order valence-corrected chi connectivity index (χ2v) is 5.98. The maximum absolute atomic E-state index is 13.0. The molecule has 0 saturated carbocycles. The number of ether oxygens (including phenoxy) is 1. The molecule has 2 aromatic rings. The molecule has 8 heteroatoms. The van der Waals surface area contributed by atoms with Crippen LogP contribution in [0.1, 0.15) is 12.5 Å². The van der Waals surface area contributed by atoms with E-state index in [1.165, 1.54) is 16.7 Å². The minimum Gasteiger partial charge on any atom is -0.375 e. The highest BCUT2D eigenvalue weighted by Gasteiger charge is 2.28. The van der Waals surface area contributed by atoms with Crippen LogP contribution >= 0.6 is 12.4 Å². The second-order valence-electron chi connectivity index (χ2n) is 5.98. The van der Waals surface area contributed by atoms with Crippen LogP contribution in [0.4, 0.5) is 10.1 Å². The summed E-state index contributed by atoms with van der Waals surface area (Å²) in [4.78, 5) is 25.0. The van der Waals surface area contributed by atoms with Gasteiger partial charge in [0.05, 0.1) is 19.3 Å². The van der Waals surface area contributed by atoms with E-state index in [0.29, 0.717) is 19.7 Å². The molecule has 0 radical (unpaired) electrons. The first kappa shape index (κ1) is 20.1. The van der Waals surface area contributed by atoms with Crippen molar-refractivity contribution in [3.05, 3.63) is 64.3 Å². The molecule has 1 saturated heterocycles. The highest BCUT2D eigenvalue weighted by molar-refractivity contribution is 5.95. The number of nitrogens with zero attached hydrogens (tertiary/aromatic N) is 1. The van der Waals surface area contributed by atoms with Crippen molar-refractivity contribution in [2.75, 3.05) is 18.5 Å². The predicted molar refractivity (Wildman–Crippen MR) is 99.3 cm³/mol. The molecule has 0 bridgehead atoms. The lowest BCUT2D eigenvalue weighted by Gasteiger charge is -2.29. The van der Waals surface area contributed by atoms with Gasteiger partial charge in [-0.15, -0.1) is 12.4 Å². The number of carbonyl (C=O) groups is 1. The molecule has 2 heterocycles. The summed E-state index contributed by atoms with van der Waals surface area (Å²) in [6.07, 6.45) is 1.37. The van der Waals surface area contributed by atoms with E-state index >= 15 is 0 Å². The highest BCUT2D eigenvalue weighted by atomic mass is 35.5. The standard InChI is InChI=1S/C18H20FN3O3.ClH/c1-12-16(20-8-10-25-12)17(23)21-15-3-2-9-22(18(15)24)11-13-4-6-14(19)7-5-13;/h2-7,9,12,16,20H,8,10-11H2,1H3,(H,21,23);1H/t12-,16+;/m1./s1. The fraction of sp³-hybridized carbons (Fsp3) is 0.333. The number of aromatic nitrogens is 1. The molecule has 1 aliphatic heterocycles. The van der Waals surface area contributed by atoms with Crippen molar-refractivity contribution < 1.29 is 13.9 Å². The number of halogens is 2. The van der Waals surface area contributed by atoms with E-state index in [1.54, 1.807) is 30.5 Å². The molecule has 1 aromatic carbocycles. The van der Waals surface area contributed by atoms with Crippen LogP contribution in [-0.2, 0) is 16.1 Å².